The third-order valence-electron chi connectivity index (χ3n) is 2.79. The van der Waals surface area contributed by atoms with E-state index in [0.29, 0.717) is 16.9 Å². The molecule has 104 valence electrons. The van der Waals surface area contributed by atoms with Crippen LogP contribution in [0.4, 0.5) is 5.69 Å². The van der Waals surface area contributed by atoms with Gasteiger partial charge in [-0.2, -0.15) is 0 Å². The van der Waals surface area contributed by atoms with Crippen molar-refractivity contribution in [1.82, 2.24) is 4.98 Å². The number of hydrogen-bond acceptors (Lipinski definition) is 5. The summed E-state index contributed by atoms with van der Waals surface area (Å²) in [5, 5.41) is 14.3. The number of amidine groups is 1. The predicted molar refractivity (Wildman–Crippen MR) is 78.5 cm³/mol. The monoisotopic (exact) mass is 290 g/mol. The van der Waals surface area contributed by atoms with Gasteiger partial charge >= 0.3 is 0 Å². The van der Waals surface area contributed by atoms with E-state index < -0.39 is 0 Å². The molecule has 0 saturated carbocycles. The molecule has 0 aliphatic rings. The third-order valence-corrected chi connectivity index (χ3v) is 3.57. The van der Waals surface area contributed by atoms with Crippen LogP contribution in [-0.2, 0) is 0 Å². The summed E-state index contributed by atoms with van der Waals surface area (Å²) in [7, 11) is 1.63. The second-order valence-corrected chi connectivity index (χ2v) is 5.18. The van der Waals surface area contributed by atoms with E-state index in [9.17, 15) is 4.79 Å². The van der Waals surface area contributed by atoms with Crippen molar-refractivity contribution in [2.75, 3.05) is 11.9 Å². The number of benzene rings is 1. The topological polar surface area (TPSA) is 91.8 Å². The lowest BCUT2D eigenvalue weighted by Gasteiger charge is -2.19. The van der Waals surface area contributed by atoms with Crippen LogP contribution >= 0.6 is 11.3 Å². The number of para-hydroxylation sites is 1. The molecule has 0 aliphatic heterocycles. The molecule has 1 amide bonds. The predicted octanol–water partition coefficient (Wildman–Crippen LogP) is 1.82. The molecule has 2 aromatic rings. The molecular weight excluding hydrogens is 276 g/mol. The molecule has 0 unspecified atom stereocenters. The summed E-state index contributed by atoms with van der Waals surface area (Å²) in [5.74, 6) is -0.290. The molecule has 0 atom stereocenters. The second kappa shape index (κ2) is 5.70. The van der Waals surface area contributed by atoms with Crippen molar-refractivity contribution < 1.29 is 10.0 Å². The smallest absolute Gasteiger partial charge is 0.277 e. The molecule has 0 aliphatic carbocycles. The van der Waals surface area contributed by atoms with Crippen LogP contribution in [-0.4, -0.2) is 29.0 Å². The second-order valence-electron chi connectivity index (χ2n) is 4.12. The molecule has 0 radical (unpaired) electrons. The van der Waals surface area contributed by atoms with E-state index in [2.05, 4.69) is 10.1 Å². The first-order valence-corrected chi connectivity index (χ1v) is 6.69. The van der Waals surface area contributed by atoms with Gasteiger partial charge in [-0.1, -0.05) is 17.3 Å². The Labute approximate surface area is 120 Å². The van der Waals surface area contributed by atoms with Crippen LogP contribution in [0.2, 0.25) is 0 Å². The number of hydrogen-bond donors (Lipinski definition) is 2. The van der Waals surface area contributed by atoms with E-state index in [-0.39, 0.29) is 11.7 Å². The molecule has 0 saturated heterocycles. The van der Waals surface area contributed by atoms with Gasteiger partial charge in [-0.15, -0.1) is 11.3 Å². The van der Waals surface area contributed by atoms with Gasteiger partial charge in [-0.05, 0) is 19.1 Å². The van der Waals surface area contributed by atoms with Gasteiger partial charge in [0, 0.05) is 18.0 Å². The molecule has 0 fully saturated rings. The fourth-order valence-corrected chi connectivity index (χ4v) is 2.37. The number of rotatable bonds is 3. The van der Waals surface area contributed by atoms with Crippen LogP contribution in [0.1, 0.15) is 21.1 Å². The van der Waals surface area contributed by atoms with Crippen molar-refractivity contribution in [3.8, 4) is 0 Å². The molecule has 0 bridgehead atoms. The molecule has 1 aromatic heterocycles. The minimum Gasteiger partial charge on any atom is -0.409 e. The van der Waals surface area contributed by atoms with E-state index in [4.69, 9.17) is 10.9 Å². The summed E-state index contributed by atoms with van der Waals surface area (Å²) in [6.45, 7) is 1.84. The van der Waals surface area contributed by atoms with Crippen molar-refractivity contribution in [1.29, 1.82) is 0 Å². The van der Waals surface area contributed by atoms with Gasteiger partial charge in [0.15, 0.2) is 5.84 Å². The van der Waals surface area contributed by atoms with Crippen molar-refractivity contribution in [2.24, 2.45) is 10.9 Å². The number of aromatic nitrogens is 1. The molecule has 20 heavy (non-hydrogen) atoms. The first-order chi connectivity index (χ1) is 9.54. The quantitative estimate of drug-likeness (QED) is 0.390. The summed E-state index contributed by atoms with van der Waals surface area (Å²) in [6.07, 6.45) is 0. The molecule has 7 heteroatoms. The fraction of sp³-hybridized carbons (Fsp3) is 0.154. The maximum atomic E-state index is 12.3. The lowest BCUT2D eigenvalue weighted by Crippen LogP contribution is -2.29. The molecule has 3 N–H and O–H groups in total. The lowest BCUT2D eigenvalue weighted by atomic mass is 10.1. The van der Waals surface area contributed by atoms with Gasteiger partial charge in [0.05, 0.1) is 10.7 Å². The number of carbonyl (C=O) groups excluding carboxylic acids is 1. The number of thiazole rings is 1. The summed E-state index contributed by atoms with van der Waals surface area (Å²) in [5.41, 5.74) is 7.04. The molecule has 0 spiro atoms. The van der Waals surface area contributed by atoms with Crippen molar-refractivity contribution >= 4 is 28.8 Å². The summed E-state index contributed by atoms with van der Waals surface area (Å²) >= 11 is 1.41. The first kappa shape index (κ1) is 14.0. The van der Waals surface area contributed by atoms with Gasteiger partial charge in [-0.25, -0.2) is 4.98 Å². The van der Waals surface area contributed by atoms with Crippen LogP contribution in [0, 0.1) is 6.92 Å². The third kappa shape index (κ3) is 2.62. The number of nitrogens with zero attached hydrogens (tertiary/aromatic N) is 3. The van der Waals surface area contributed by atoms with Crippen LogP contribution in [0.15, 0.2) is 34.8 Å². The van der Waals surface area contributed by atoms with E-state index >= 15 is 0 Å². The Kier molecular flexibility index (Phi) is 3.99. The Morgan fingerprint density at radius 1 is 1.45 bits per heavy atom. The van der Waals surface area contributed by atoms with E-state index in [0.717, 1.165) is 5.01 Å². The van der Waals surface area contributed by atoms with Crippen molar-refractivity contribution in [2.45, 2.75) is 6.92 Å². The molecular formula is C13H14N4O2S. The average Bonchev–Trinajstić information content (AvgIpc) is 2.91. The highest BCUT2D eigenvalue weighted by atomic mass is 32.1. The normalized spacial score (nSPS) is 11.4. The molecule has 1 heterocycles. The number of anilines is 1. The maximum absolute atomic E-state index is 12.3. The zero-order chi connectivity index (χ0) is 14.7. The number of amides is 1. The van der Waals surface area contributed by atoms with Crippen LogP contribution in [0.5, 0.6) is 0 Å². The summed E-state index contributed by atoms with van der Waals surface area (Å²) in [4.78, 5) is 17.9. The van der Waals surface area contributed by atoms with Gasteiger partial charge in [0.25, 0.3) is 5.91 Å². The number of aryl methyl sites for hydroxylation is 1. The zero-order valence-corrected chi connectivity index (χ0v) is 11.9. The summed E-state index contributed by atoms with van der Waals surface area (Å²) < 4.78 is 0. The minimum atomic E-state index is -0.243. The lowest BCUT2D eigenvalue weighted by molar-refractivity contribution is 0.0988. The average molecular weight is 290 g/mol. The van der Waals surface area contributed by atoms with E-state index in [1.807, 2.05) is 6.92 Å². The Bertz CT molecular complexity index is 666. The van der Waals surface area contributed by atoms with Gasteiger partial charge in [0.2, 0.25) is 0 Å². The van der Waals surface area contributed by atoms with Crippen LogP contribution in [0.3, 0.4) is 0 Å². The van der Waals surface area contributed by atoms with E-state index in [1.165, 1.54) is 16.2 Å². The summed E-state index contributed by atoms with van der Waals surface area (Å²) in [6, 6.07) is 6.94. The molecule has 6 nitrogen and oxygen atoms in total. The highest BCUT2D eigenvalue weighted by Crippen LogP contribution is 2.21. The van der Waals surface area contributed by atoms with Gasteiger partial charge < -0.3 is 15.8 Å². The highest BCUT2D eigenvalue weighted by molar-refractivity contribution is 7.09. The number of carbonyl (C=O) groups is 1. The first-order valence-electron chi connectivity index (χ1n) is 5.81. The zero-order valence-electron chi connectivity index (χ0n) is 11.1. The van der Waals surface area contributed by atoms with Crippen molar-refractivity contribution in [3.63, 3.8) is 0 Å². The minimum absolute atomic E-state index is 0.0466. The van der Waals surface area contributed by atoms with Crippen LogP contribution in [0.25, 0.3) is 0 Å². The van der Waals surface area contributed by atoms with Crippen LogP contribution < -0.4 is 10.6 Å². The Balaban J connectivity index is 2.39. The molecule has 2 rings (SSSR count). The SMILES string of the molecule is Cc1nc(C(=O)N(C)c2ccccc2/C(N)=N/O)cs1. The van der Waals surface area contributed by atoms with E-state index in [1.54, 1.807) is 36.7 Å². The standard InChI is InChI=1S/C13H14N4O2S/c1-8-15-10(7-20-8)13(18)17(2)11-6-4-3-5-9(11)12(14)16-19/h3-7,19H,1-2H3,(H2,14,16). The number of oxime groups is 1. The largest absolute Gasteiger partial charge is 0.409 e. The van der Waals surface area contributed by atoms with Gasteiger partial charge in [0.1, 0.15) is 5.69 Å². The van der Waals surface area contributed by atoms with Gasteiger partial charge in [-0.3, -0.25) is 4.79 Å². The fourth-order valence-electron chi connectivity index (χ4n) is 1.78. The number of nitrogens with two attached hydrogens (primary N) is 1. The Morgan fingerprint density at radius 3 is 2.75 bits per heavy atom. The highest BCUT2D eigenvalue weighted by Gasteiger charge is 2.19. The van der Waals surface area contributed by atoms with Crippen molar-refractivity contribution in [3.05, 3.63) is 45.9 Å². The molecule has 1 aromatic carbocycles. The Morgan fingerprint density at radius 2 is 2.15 bits per heavy atom. The maximum Gasteiger partial charge on any atom is 0.277 e. The Hall–Kier alpha value is -2.41.